The number of thiazole rings is 1. The van der Waals surface area contributed by atoms with E-state index in [0.29, 0.717) is 10.9 Å². The number of furan rings is 1. The van der Waals surface area contributed by atoms with Crippen molar-refractivity contribution in [3.63, 3.8) is 0 Å². The Hall–Kier alpha value is -3.17. The topological polar surface area (TPSA) is 78.9 Å². The number of nitrogens with one attached hydrogen (secondary N) is 1. The van der Waals surface area contributed by atoms with E-state index in [0.717, 1.165) is 11.3 Å². The minimum atomic E-state index is -0.516. The number of hydrogen-bond donors (Lipinski definition) is 1. The van der Waals surface area contributed by atoms with Crippen LogP contribution < -0.4 is 5.32 Å². The van der Waals surface area contributed by atoms with Gasteiger partial charge in [-0.05, 0) is 12.1 Å². The maximum atomic E-state index is 12.1. The highest BCUT2D eigenvalue weighted by Gasteiger charge is 2.13. The average Bonchev–Trinajstić information content (AvgIpc) is 3.25. The van der Waals surface area contributed by atoms with Crippen molar-refractivity contribution >= 4 is 28.5 Å². The molecular formula is C17H11N3O2S. The lowest BCUT2D eigenvalue weighted by Crippen LogP contribution is -2.13. The summed E-state index contributed by atoms with van der Waals surface area (Å²) in [5, 5.41) is 14.0. The molecule has 0 aliphatic rings. The molecule has 23 heavy (non-hydrogen) atoms. The number of amides is 1. The molecule has 3 rings (SSSR count). The third kappa shape index (κ3) is 3.54. The SMILES string of the molecule is N#C/C(=C\c1ccco1)C(=O)Nc1nc(-c2ccccc2)cs1. The molecule has 0 saturated carbocycles. The lowest BCUT2D eigenvalue weighted by atomic mass is 10.2. The van der Waals surface area contributed by atoms with Crippen LogP contribution in [0.5, 0.6) is 0 Å². The van der Waals surface area contributed by atoms with Crippen molar-refractivity contribution in [1.29, 1.82) is 5.26 Å². The Bertz CT molecular complexity index is 874. The van der Waals surface area contributed by atoms with Crippen LogP contribution in [0.1, 0.15) is 5.76 Å². The van der Waals surface area contributed by atoms with Crippen LogP contribution in [0.2, 0.25) is 0 Å². The Kier molecular flexibility index (Phi) is 4.32. The predicted molar refractivity (Wildman–Crippen MR) is 88.5 cm³/mol. The number of carbonyl (C=O) groups excluding carboxylic acids is 1. The minimum absolute atomic E-state index is 0.0450. The van der Waals surface area contributed by atoms with Gasteiger partial charge in [-0.3, -0.25) is 10.1 Å². The van der Waals surface area contributed by atoms with Crippen LogP contribution in [0.3, 0.4) is 0 Å². The fraction of sp³-hybridized carbons (Fsp3) is 0. The molecule has 2 heterocycles. The van der Waals surface area contributed by atoms with Gasteiger partial charge in [0.15, 0.2) is 5.13 Å². The number of hydrogen-bond acceptors (Lipinski definition) is 5. The lowest BCUT2D eigenvalue weighted by Gasteiger charge is -1.99. The van der Waals surface area contributed by atoms with Gasteiger partial charge in [-0.25, -0.2) is 4.98 Å². The maximum absolute atomic E-state index is 12.1. The van der Waals surface area contributed by atoms with E-state index in [4.69, 9.17) is 9.68 Å². The lowest BCUT2D eigenvalue weighted by molar-refractivity contribution is -0.112. The molecule has 0 radical (unpaired) electrons. The summed E-state index contributed by atoms with van der Waals surface area (Å²) in [6.45, 7) is 0. The van der Waals surface area contributed by atoms with E-state index in [1.807, 2.05) is 41.8 Å². The van der Waals surface area contributed by atoms with Gasteiger partial charge in [0.05, 0.1) is 12.0 Å². The molecule has 6 heteroatoms. The van der Waals surface area contributed by atoms with Gasteiger partial charge >= 0.3 is 0 Å². The van der Waals surface area contributed by atoms with E-state index in [1.165, 1.54) is 23.7 Å². The summed E-state index contributed by atoms with van der Waals surface area (Å²) in [6, 6.07) is 14.9. The molecule has 1 aromatic carbocycles. The normalized spacial score (nSPS) is 11.0. The molecule has 0 bridgehead atoms. The summed E-state index contributed by atoms with van der Waals surface area (Å²) in [5.41, 5.74) is 1.70. The van der Waals surface area contributed by atoms with E-state index in [9.17, 15) is 4.79 Å². The molecular weight excluding hydrogens is 310 g/mol. The van der Waals surface area contributed by atoms with Gasteiger partial charge in [-0.1, -0.05) is 30.3 Å². The third-order valence-corrected chi connectivity index (χ3v) is 3.75. The van der Waals surface area contributed by atoms with Gasteiger partial charge in [0.25, 0.3) is 5.91 Å². The standard InChI is InChI=1S/C17H11N3O2S/c18-10-13(9-14-7-4-8-22-14)16(21)20-17-19-15(11-23-17)12-5-2-1-3-6-12/h1-9,11H,(H,19,20,21)/b13-9+. The first kappa shape index (κ1) is 14.8. The van der Waals surface area contributed by atoms with E-state index < -0.39 is 5.91 Å². The fourth-order valence-electron chi connectivity index (χ4n) is 1.90. The second kappa shape index (κ2) is 6.73. The van der Waals surface area contributed by atoms with Gasteiger partial charge < -0.3 is 4.42 Å². The number of anilines is 1. The maximum Gasteiger partial charge on any atom is 0.268 e. The highest BCUT2D eigenvalue weighted by atomic mass is 32.1. The predicted octanol–water partition coefficient (Wildman–Crippen LogP) is 3.95. The van der Waals surface area contributed by atoms with Crippen LogP contribution in [0.15, 0.2) is 64.1 Å². The molecule has 3 aromatic rings. The molecule has 1 amide bonds. The fourth-order valence-corrected chi connectivity index (χ4v) is 2.62. The highest BCUT2D eigenvalue weighted by molar-refractivity contribution is 7.14. The molecule has 2 aromatic heterocycles. The number of rotatable bonds is 4. The summed E-state index contributed by atoms with van der Waals surface area (Å²) in [5.74, 6) is -0.0707. The van der Waals surface area contributed by atoms with Gasteiger partial charge in [0, 0.05) is 17.0 Å². The van der Waals surface area contributed by atoms with Crippen molar-refractivity contribution < 1.29 is 9.21 Å². The summed E-state index contributed by atoms with van der Waals surface area (Å²) in [6.07, 6.45) is 2.87. The number of nitriles is 1. The van der Waals surface area contributed by atoms with Gasteiger partial charge in [0.1, 0.15) is 17.4 Å². The number of carbonyl (C=O) groups is 1. The quantitative estimate of drug-likeness (QED) is 0.583. The molecule has 1 N–H and O–H groups in total. The monoisotopic (exact) mass is 321 g/mol. The first-order valence-electron chi connectivity index (χ1n) is 6.74. The zero-order valence-corrected chi connectivity index (χ0v) is 12.7. The summed E-state index contributed by atoms with van der Waals surface area (Å²) >= 11 is 1.31. The molecule has 0 unspecified atom stereocenters. The molecule has 0 atom stereocenters. The van der Waals surface area contributed by atoms with E-state index in [-0.39, 0.29) is 5.57 Å². The van der Waals surface area contributed by atoms with Gasteiger partial charge in [-0.15, -0.1) is 11.3 Å². The summed E-state index contributed by atoms with van der Waals surface area (Å²) in [7, 11) is 0. The summed E-state index contributed by atoms with van der Waals surface area (Å²) < 4.78 is 5.11. The van der Waals surface area contributed by atoms with Crippen molar-refractivity contribution in [2.75, 3.05) is 5.32 Å². The van der Waals surface area contributed by atoms with Crippen molar-refractivity contribution in [3.8, 4) is 17.3 Å². The first-order chi connectivity index (χ1) is 11.3. The Morgan fingerprint density at radius 1 is 1.26 bits per heavy atom. The number of aromatic nitrogens is 1. The van der Waals surface area contributed by atoms with Crippen molar-refractivity contribution in [1.82, 2.24) is 4.98 Å². The Balaban J connectivity index is 1.76. The van der Waals surface area contributed by atoms with E-state index >= 15 is 0 Å². The third-order valence-electron chi connectivity index (χ3n) is 2.99. The smallest absolute Gasteiger partial charge is 0.268 e. The van der Waals surface area contributed by atoms with Crippen LogP contribution >= 0.6 is 11.3 Å². The molecule has 0 aliphatic carbocycles. The van der Waals surface area contributed by atoms with Crippen LogP contribution in [-0.2, 0) is 4.79 Å². The Labute approximate surface area is 136 Å². The van der Waals surface area contributed by atoms with Gasteiger partial charge in [0.2, 0.25) is 0 Å². The molecule has 0 saturated heterocycles. The highest BCUT2D eigenvalue weighted by Crippen LogP contribution is 2.25. The second-order valence-electron chi connectivity index (χ2n) is 4.54. The number of benzene rings is 1. The number of nitrogens with zero attached hydrogens (tertiary/aromatic N) is 2. The van der Waals surface area contributed by atoms with Crippen LogP contribution in [0.4, 0.5) is 5.13 Å². The summed E-state index contributed by atoms with van der Waals surface area (Å²) in [4.78, 5) is 16.5. The molecule has 112 valence electrons. The first-order valence-corrected chi connectivity index (χ1v) is 7.62. The van der Waals surface area contributed by atoms with Gasteiger partial charge in [-0.2, -0.15) is 5.26 Å². The minimum Gasteiger partial charge on any atom is -0.465 e. The second-order valence-corrected chi connectivity index (χ2v) is 5.40. The Morgan fingerprint density at radius 2 is 2.09 bits per heavy atom. The molecule has 5 nitrogen and oxygen atoms in total. The van der Waals surface area contributed by atoms with Crippen LogP contribution in [-0.4, -0.2) is 10.9 Å². The molecule has 0 spiro atoms. The van der Waals surface area contributed by atoms with E-state index in [2.05, 4.69) is 10.3 Å². The zero-order valence-electron chi connectivity index (χ0n) is 11.9. The molecule has 0 fully saturated rings. The zero-order chi connectivity index (χ0) is 16.1. The van der Waals surface area contributed by atoms with Crippen molar-refractivity contribution in [2.45, 2.75) is 0 Å². The Morgan fingerprint density at radius 3 is 2.78 bits per heavy atom. The van der Waals surface area contributed by atoms with E-state index in [1.54, 1.807) is 12.1 Å². The molecule has 0 aliphatic heterocycles. The average molecular weight is 321 g/mol. The van der Waals surface area contributed by atoms with Crippen LogP contribution in [0.25, 0.3) is 17.3 Å². The largest absolute Gasteiger partial charge is 0.465 e. The van der Waals surface area contributed by atoms with Crippen molar-refractivity contribution in [2.24, 2.45) is 0 Å². The van der Waals surface area contributed by atoms with Crippen LogP contribution in [0, 0.1) is 11.3 Å². The van der Waals surface area contributed by atoms with Crippen molar-refractivity contribution in [3.05, 3.63) is 65.4 Å².